The van der Waals surface area contributed by atoms with Gasteiger partial charge in [-0.25, -0.2) is 0 Å². The molecule has 0 unspecified atom stereocenters. The van der Waals surface area contributed by atoms with Crippen molar-refractivity contribution >= 4 is 5.96 Å². The van der Waals surface area contributed by atoms with Gasteiger partial charge in [0.1, 0.15) is 0 Å². The molecule has 0 amide bonds. The van der Waals surface area contributed by atoms with Gasteiger partial charge in [0.15, 0.2) is 5.96 Å². The molecule has 2 N–H and O–H groups in total. The van der Waals surface area contributed by atoms with Gasteiger partial charge in [-0.3, -0.25) is 4.99 Å². The smallest absolute Gasteiger partial charge is 0.191 e. The minimum atomic E-state index is 0.0255. The Labute approximate surface area is 122 Å². The van der Waals surface area contributed by atoms with Crippen molar-refractivity contribution in [3.8, 4) is 0 Å². The Morgan fingerprint density at radius 1 is 1.10 bits per heavy atom. The molecule has 0 aromatic heterocycles. The summed E-state index contributed by atoms with van der Waals surface area (Å²) in [6.07, 6.45) is 5.11. The summed E-state index contributed by atoms with van der Waals surface area (Å²) < 4.78 is 0. The maximum absolute atomic E-state index is 6.18. The van der Waals surface area contributed by atoms with Crippen molar-refractivity contribution in [2.24, 2.45) is 10.7 Å². The Bertz CT molecular complexity index is 429. The van der Waals surface area contributed by atoms with Crippen LogP contribution in [0.25, 0.3) is 0 Å². The van der Waals surface area contributed by atoms with Gasteiger partial charge in [-0.15, -0.1) is 0 Å². The predicted molar refractivity (Wildman–Crippen MR) is 86.0 cm³/mol. The zero-order valence-corrected chi connectivity index (χ0v) is 12.8. The Morgan fingerprint density at radius 3 is 2.30 bits per heavy atom. The Balaban J connectivity index is 2.00. The molecule has 0 bridgehead atoms. The zero-order valence-electron chi connectivity index (χ0n) is 12.8. The molecule has 3 heteroatoms. The number of benzene rings is 1. The van der Waals surface area contributed by atoms with Crippen LogP contribution in [0.15, 0.2) is 35.3 Å². The Morgan fingerprint density at radius 2 is 1.70 bits per heavy atom. The molecule has 1 fully saturated rings. The van der Waals surface area contributed by atoms with E-state index in [1.807, 2.05) is 0 Å². The van der Waals surface area contributed by atoms with Gasteiger partial charge in [0.25, 0.3) is 0 Å². The summed E-state index contributed by atoms with van der Waals surface area (Å²) in [5.41, 5.74) is 7.52. The molecule has 20 heavy (non-hydrogen) atoms. The molecular formula is C17H27N3. The fraction of sp³-hybridized carbons (Fsp3) is 0.588. The van der Waals surface area contributed by atoms with Crippen LogP contribution in [-0.2, 0) is 5.41 Å². The molecule has 0 saturated carbocycles. The molecule has 1 aromatic carbocycles. The summed E-state index contributed by atoms with van der Waals surface area (Å²) in [6.45, 7) is 7.30. The number of nitrogens with two attached hydrogens (primary N) is 1. The van der Waals surface area contributed by atoms with Gasteiger partial charge >= 0.3 is 0 Å². The van der Waals surface area contributed by atoms with Crippen molar-refractivity contribution in [1.29, 1.82) is 0 Å². The maximum atomic E-state index is 6.18. The average Bonchev–Trinajstić information content (AvgIpc) is 2.75. The van der Waals surface area contributed by atoms with Crippen molar-refractivity contribution in [1.82, 2.24) is 4.90 Å². The van der Waals surface area contributed by atoms with Gasteiger partial charge in [-0.2, -0.15) is 0 Å². The summed E-state index contributed by atoms with van der Waals surface area (Å²) in [5, 5.41) is 0. The number of guanidine groups is 1. The lowest BCUT2D eigenvalue weighted by Crippen LogP contribution is -2.39. The second-order valence-corrected chi connectivity index (χ2v) is 6.33. The van der Waals surface area contributed by atoms with E-state index >= 15 is 0 Å². The van der Waals surface area contributed by atoms with Crippen LogP contribution in [0, 0.1) is 0 Å². The van der Waals surface area contributed by atoms with Crippen LogP contribution in [0.5, 0.6) is 0 Å². The lowest BCUT2D eigenvalue weighted by atomic mass is 9.85. The van der Waals surface area contributed by atoms with Crippen molar-refractivity contribution in [2.45, 2.75) is 44.9 Å². The van der Waals surface area contributed by atoms with E-state index in [2.05, 4.69) is 54.1 Å². The summed E-state index contributed by atoms with van der Waals surface area (Å²) in [5.74, 6) is 0.718. The molecule has 0 spiro atoms. The molecule has 1 aliphatic heterocycles. The van der Waals surface area contributed by atoms with Crippen LogP contribution in [0.4, 0.5) is 0 Å². The maximum Gasteiger partial charge on any atom is 0.191 e. The highest BCUT2D eigenvalue weighted by atomic mass is 15.2. The highest BCUT2D eigenvalue weighted by molar-refractivity contribution is 5.78. The van der Waals surface area contributed by atoms with Gasteiger partial charge in [0.05, 0.1) is 6.54 Å². The molecular weight excluding hydrogens is 246 g/mol. The Hall–Kier alpha value is -1.51. The van der Waals surface area contributed by atoms with E-state index in [-0.39, 0.29) is 5.41 Å². The Kier molecular flexibility index (Phi) is 5.05. The SMILES string of the molecule is CC(C)(CN=C(N)N1CCCCCC1)c1ccccc1. The molecule has 2 rings (SSSR count). The van der Waals surface area contributed by atoms with Crippen molar-refractivity contribution < 1.29 is 0 Å². The van der Waals surface area contributed by atoms with E-state index in [0.29, 0.717) is 0 Å². The first-order valence-electron chi connectivity index (χ1n) is 7.70. The minimum Gasteiger partial charge on any atom is -0.370 e. The van der Waals surface area contributed by atoms with E-state index < -0.39 is 0 Å². The molecule has 3 nitrogen and oxygen atoms in total. The van der Waals surface area contributed by atoms with Gasteiger partial charge in [-0.1, -0.05) is 57.0 Å². The minimum absolute atomic E-state index is 0.0255. The quantitative estimate of drug-likeness (QED) is 0.679. The van der Waals surface area contributed by atoms with Crippen LogP contribution >= 0.6 is 0 Å². The second kappa shape index (κ2) is 6.78. The monoisotopic (exact) mass is 273 g/mol. The third-order valence-electron chi connectivity index (χ3n) is 4.12. The van der Waals surface area contributed by atoms with E-state index in [4.69, 9.17) is 5.73 Å². The first-order valence-corrected chi connectivity index (χ1v) is 7.70. The molecule has 110 valence electrons. The highest BCUT2D eigenvalue weighted by Gasteiger charge is 2.20. The molecule has 1 heterocycles. The van der Waals surface area contributed by atoms with Crippen LogP contribution in [0.3, 0.4) is 0 Å². The normalized spacial score (nSPS) is 17.9. The molecule has 0 aliphatic carbocycles. The highest BCUT2D eigenvalue weighted by Crippen LogP contribution is 2.23. The lowest BCUT2D eigenvalue weighted by Gasteiger charge is -2.26. The number of hydrogen-bond donors (Lipinski definition) is 1. The fourth-order valence-corrected chi connectivity index (χ4v) is 2.66. The number of rotatable bonds is 3. The molecule has 0 radical (unpaired) electrons. The average molecular weight is 273 g/mol. The fourth-order valence-electron chi connectivity index (χ4n) is 2.66. The largest absolute Gasteiger partial charge is 0.370 e. The van der Waals surface area contributed by atoms with Crippen LogP contribution in [0.2, 0.25) is 0 Å². The molecule has 1 aromatic rings. The van der Waals surface area contributed by atoms with Crippen molar-refractivity contribution in [2.75, 3.05) is 19.6 Å². The molecule has 0 atom stereocenters. The van der Waals surface area contributed by atoms with Crippen LogP contribution < -0.4 is 5.73 Å². The topological polar surface area (TPSA) is 41.6 Å². The van der Waals surface area contributed by atoms with Gasteiger partial charge in [-0.05, 0) is 18.4 Å². The van der Waals surface area contributed by atoms with Crippen LogP contribution in [-0.4, -0.2) is 30.5 Å². The summed E-state index contributed by atoms with van der Waals surface area (Å²) >= 11 is 0. The van der Waals surface area contributed by atoms with Gasteiger partial charge < -0.3 is 10.6 Å². The lowest BCUT2D eigenvalue weighted by molar-refractivity contribution is 0.424. The van der Waals surface area contributed by atoms with E-state index in [1.165, 1.54) is 31.2 Å². The number of aliphatic imine (C=N–C) groups is 1. The summed E-state index contributed by atoms with van der Waals surface area (Å²) in [6, 6.07) is 10.5. The first kappa shape index (κ1) is 14.9. The van der Waals surface area contributed by atoms with Crippen molar-refractivity contribution in [3.05, 3.63) is 35.9 Å². The first-order chi connectivity index (χ1) is 9.59. The standard InChI is InChI=1S/C17H27N3/c1-17(2,15-10-6-5-7-11-15)14-19-16(18)20-12-8-3-4-9-13-20/h5-7,10-11H,3-4,8-9,12-14H2,1-2H3,(H2,18,19). The second-order valence-electron chi connectivity index (χ2n) is 6.33. The van der Waals surface area contributed by atoms with Gasteiger partial charge in [0.2, 0.25) is 0 Å². The molecule has 1 aliphatic rings. The third-order valence-corrected chi connectivity index (χ3v) is 4.12. The van der Waals surface area contributed by atoms with E-state index in [1.54, 1.807) is 0 Å². The third kappa shape index (κ3) is 3.99. The number of likely N-dealkylation sites (tertiary alicyclic amines) is 1. The van der Waals surface area contributed by atoms with Crippen molar-refractivity contribution in [3.63, 3.8) is 0 Å². The van der Waals surface area contributed by atoms with Crippen LogP contribution in [0.1, 0.15) is 45.1 Å². The number of hydrogen-bond acceptors (Lipinski definition) is 1. The van der Waals surface area contributed by atoms with E-state index in [0.717, 1.165) is 25.6 Å². The van der Waals surface area contributed by atoms with Gasteiger partial charge in [0, 0.05) is 18.5 Å². The summed E-state index contributed by atoms with van der Waals surface area (Å²) in [7, 11) is 0. The summed E-state index contributed by atoms with van der Waals surface area (Å²) in [4.78, 5) is 6.90. The zero-order chi connectivity index (χ0) is 14.4. The van der Waals surface area contributed by atoms with E-state index in [9.17, 15) is 0 Å². The predicted octanol–water partition coefficient (Wildman–Crippen LogP) is 3.15. The molecule has 1 saturated heterocycles. The number of nitrogens with zero attached hydrogens (tertiary/aromatic N) is 2.